The van der Waals surface area contributed by atoms with Gasteiger partial charge in [-0.1, -0.05) is 237 Å². The summed E-state index contributed by atoms with van der Waals surface area (Å²) in [5.41, 5.74) is 21.0. The second-order valence-electron chi connectivity index (χ2n) is 16.5. The van der Waals surface area contributed by atoms with Gasteiger partial charge in [0.15, 0.2) is 5.82 Å². The van der Waals surface area contributed by atoms with Crippen LogP contribution < -0.4 is 0 Å². The Labute approximate surface area is 386 Å². The Hall–Kier alpha value is -8.72. The monoisotopic (exact) mass is 840 g/mol. The maximum absolute atomic E-state index is 5.38. The fraction of sp³-hybridized carbons (Fsp3) is 0. The van der Waals surface area contributed by atoms with Gasteiger partial charge in [0, 0.05) is 16.7 Å². The van der Waals surface area contributed by atoms with Crippen molar-refractivity contribution >= 4 is 0 Å². The van der Waals surface area contributed by atoms with E-state index in [0.29, 0.717) is 5.82 Å². The molecule has 1 heterocycles. The van der Waals surface area contributed by atoms with Crippen molar-refractivity contribution in [2.75, 3.05) is 0 Å². The molecular weight excluding hydrogens is 797 g/mol. The van der Waals surface area contributed by atoms with Crippen LogP contribution in [0.5, 0.6) is 0 Å². The predicted molar refractivity (Wildman–Crippen MR) is 276 cm³/mol. The first-order valence-corrected chi connectivity index (χ1v) is 22.5. The van der Waals surface area contributed by atoms with Gasteiger partial charge in [-0.2, -0.15) is 0 Å². The van der Waals surface area contributed by atoms with Crippen LogP contribution in [0.4, 0.5) is 0 Å². The third-order valence-electron chi connectivity index (χ3n) is 12.3. The van der Waals surface area contributed by atoms with E-state index in [-0.39, 0.29) is 0 Å². The summed E-state index contributed by atoms with van der Waals surface area (Å²) in [5.74, 6) is 0.674. The molecule has 10 aromatic carbocycles. The third kappa shape index (κ3) is 8.16. The average molecular weight is 841 g/mol. The van der Waals surface area contributed by atoms with Crippen LogP contribution in [0.25, 0.3) is 112 Å². The summed E-state index contributed by atoms with van der Waals surface area (Å²) in [7, 11) is 0. The van der Waals surface area contributed by atoms with Crippen LogP contribution in [-0.2, 0) is 0 Å². The van der Waals surface area contributed by atoms with Crippen molar-refractivity contribution in [3.05, 3.63) is 267 Å². The summed E-state index contributed by atoms with van der Waals surface area (Å²) >= 11 is 0. The molecule has 66 heavy (non-hydrogen) atoms. The van der Waals surface area contributed by atoms with Gasteiger partial charge in [0.25, 0.3) is 0 Å². The van der Waals surface area contributed by atoms with Crippen molar-refractivity contribution in [2.45, 2.75) is 0 Å². The van der Waals surface area contributed by atoms with Gasteiger partial charge in [-0.05, 0) is 108 Å². The molecule has 0 aliphatic heterocycles. The number of benzene rings is 10. The second kappa shape index (κ2) is 18.2. The fourth-order valence-corrected chi connectivity index (χ4v) is 9.11. The number of nitrogens with zero attached hydrogens (tertiary/aromatic N) is 2. The lowest BCUT2D eigenvalue weighted by Crippen LogP contribution is -1.98. The van der Waals surface area contributed by atoms with Crippen molar-refractivity contribution in [2.24, 2.45) is 0 Å². The first-order valence-electron chi connectivity index (χ1n) is 22.5. The maximum atomic E-state index is 5.38. The normalized spacial score (nSPS) is 11.0. The van der Waals surface area contributed by atoms with Gasteiger partial charge >= 0.3 is 0 Å². The predicted octanol–water partition coefficient (Wildman–Crippen LogP) is 17.1. The van der Waals surface area contributed by atoms with Gasteiger partial charge in [0.1, 0.15) is 0 Å². The quantitative estimate of drug-likeness (QED) is 0.137. The molecule has 310 valence electrons. The van der Waals surface area contributed by atoms with Crippen molar-refractivity contribution in [3.8, 4) is 112 Å². The van der Waals surface area contributed by atoms with Crippen LogP contribution in [-0.4, -0.2) is 9.97 Å². The molecule has 0 atom stereocenters. The lowest BCUT2D eigenvalue weighted by atomic mass is 9.79. The molecule has 0 unspecified atom stereocenters. The SMILES string of the molecule is c1ccc(-c2cc(-c3ccccc3)cc(-c3nc(-c4ccccc4)cc(-c4ccc(-c5cc(-c6ccccc6)c(-c6ccccc6)c(-c6ccccc6)c5-c5ccccc5)cc4)n3)c2)cc1. The molecule has 2 heteroatoms. The van der Waals surface area contributed by atoms with E-state index in [1.165, 1.54) is 38.9 Å². The number of rotatable bonds is 10. The molecule has 11 rings (SSSR count). The van der Waals surface area contributed by atoms with E-state index >= 15 is 0 Å². The van der Waals surface area contributed by atoms with Gasteiger partial charge in [0.2, 0.25) is 0 Å². The van der Waals surface area contributed by atoms with E-state index in [1.54, 1.807) is 0 Å². The zero-order chi connectivity index (χ0) is 44.1. The Morgan fingerprint density at radius 2 is 0.470 bits per heavy atom. The largest absolute Gasteiger partial charge is 0.228 e. The first kappa shape index (κ1) is 40.1. The van der Waals surface area contributed by atoms with Crippen LogP contribution in [0.3, 0.4) is 0 Å². The minimum Gasteiger partial charge on any atom is -0.228 e. The summed E-state index contributed by atoms with van der Waals surface area (Å²) in [6.45, 7) is 0. The molecule has 0 spiro atoms. The van der Waals surface area contributed by atoms with E-state index in [4.69, 9.17) is 9.97 Å². The molecule has 0 saturated carbocycles. The van der Waals surface area contributed by atoms with Crippen molar-refractivity contribution in [1.82, 2.24) is 9.97 Å². The van der Waals surface area contributed by atoms with E-state index in [2.05, 4.69) is 261 Å². The highest BCUT2D eigenvalue weighted by molar-refractivity contribution is 6.07. The average Bonchev–Trinajstić information content (AvgIpc) is 3.42. The molecule has 0 N–H and O–H groups in total. The Balaban J connectivity index is 1.11. The van der Waals surface area contributed by atoms with E-state index < -0.39 is 0 Å². The molecule has 0 aliphatic rings. The van der Waals surface area contributed by atoms with Crippen LogP contribution in [0.2, 0.25) is 0 Å². The zero-order valence-corrected chi connectivity index (χ0v) is 36.3. The van der Waals surface area contributed by atoms with Crippen LogP contribution in [0, 0.1) is 0 Å². The lowest BCUT2D eigenvalue weighted by molar-refractivity contribution is 1.18. The molecule has 11 aromatic rings. The van der Waals surface area contributed by atoms with Crippen molar-refractivity contribution in [1.29, 1.82) is 0 Å². The molecule has 0 fully saturated rings. The van der Waals surface area contributed by atoms with Crippen LogP contribution in [0.1, 0.15) is 0 Å². The van der Waals surface area contributed by atoms with Crippen molar-refractivity contribution < 1.29 is 0 Å². The smallest absolute Gasteiger partial charge is 0.160 e. The Morgan fingerprint density at radius 1 is 0.182 bits per heavy atom. The van der Waals surface area contributed by atoms with Crippen LogP contribution >= 0.6 is 0 Å². The Kier molecular flexibility index (Phi) is 11.0. The first-order chi connectivity index (χ1) is 32.7. The summed E-state index contributed by atoms with van der Waals surface area (Å²) in [6.07, 6.45) is 0. The topological polar surface area (TPSA) is 25.8 Å². The number of hydrogen-bond donors (Lipinski definition) is 0. The Bertz CT molecular complexity index is 3330. The summed E-state index contributed by atoms with van der Waals surface area (Å²) in [5, 5.41) is 0. The number of hydrogen-bond acceptors (Lipinski definition) is 2. The standard InChI is InChI=1S/C64H44N2/c1-8-22-45(23-9-1)54-40-55(46-24-10-2-11-25-46)42-56(41-54)64-65-59(49-28-14-4-15-29-49)44-60(66-64)50-38-36-48(37-39-50)58-43-57(47-26-12-3-13-27-47)61(51-30-16-5-17-31-51)63(53-34-20-7-21-35-53)62(58)52-32-18-6-19-33-52/h1-44H. The van der Waals surface area contributed by atoms with E-state index in [9.17, 15) is 0 Å². The molecule has 0 bridgehead atoms. The molecular formula is C64H44N2. The highest BCUT2D eigenvalue weighted by atomic mass is 14.9. The summed E-state index contributed by atoms with van der Waals surface area (Å²) < 4.78 is 0. The van der Waals surface area contributed by atoms with Gasteiger partial charge in [-0.25, -0.2) is 9.97 Å². The molecule has 0 radical (unpaired) electrons. The minimum atomic E-state index is 0.674. The molecule has 2 nitrogen and oxygen atoms in total. The summed E-state index contributed by atoms with van der Waals surface area (Å²) in [6, 6.07) is 95.0. The number of aromatic nitrogens is 2. The molecule has 0 saturated heterocycles. The molecule has 0 aliphatic carbocycles. The highest BCUT2D eigenvalue weighted by Crippen LogP contribution is 2.50. The van der Waals surface area contributed by atoms with Gasteiger partial charge in [0.05, 0.1) is 11.4 Å². The van der Waals surface area contributed by atoms with Crippen LogP contribution in [0.15, 0.2) is 267 Å². The summed E-state index contributed by atoms with van der Waals surface area (Å²) in [4.78, 5) is 10.7. The second-order valence-corrected chi connectivity index (χ2v) is 16.5. The highest BCUT2D eigenvalue weighted by Gasteiger charge is 2.24. The van der Waals surface area contributed by atoms with E-state index in [0.717, 1.165) is 67.0 Å². The third-order valence-corrected chi connectivity index (χ3v) is 12.3. The van der Waals surface area contributed by atoms with Gasteiger partial charge < -0.3 is 0 Å². The van der Waals surface area contributed by atoms with Crippen molar-refractivity contribution in [3.63, 3.8) is 0 Å². The lowest BCUT2D eigenvalue weighted by Gasteiger charge is -2.24. The van der Waals surface area contributed by atoms with Gasteiger partial charge in [-0.15, -0.1) is 0 Å². The minimum absolute atomic E-state index is 0.674. The molecule has 1 aromatic heterocycles. The van der Waals surface area contributed by atoms with Gasteiger partial charge in [-0.3, -0.25) is 0 Å². The fourth-order valence-electron chi connectivity index (χ4n) is 9.11. The Morgan fingerprint density at radius 3 is 0.879 bits per heavy atom. The van der Waals surface area contributed by atoms with E-state index in [1.807, 2.05) is 6.07 Å². The maximum Gasteiger partial charge on any atom is 0.160 e. The zero-order valence-electron chi connectivity index (χ0n) is 36.3. The molecule has 0 amide bonds.